The number of amides is 1. The molecule has 1 rings (SSSR count). The van der Waals surface area contributed by atoms with Gasteiger partial charge in [0.2, 0.25) is 0 Å². The second-order valence-corrected chi connectivity index (χ2v) is 5.65. The van der Waals surface area contributed by atoms with Gasteiger partial charge in [0, 0.05) is 0 Å². The molecule has 0 bridgehead atoms. The van der Waals surface area contributed by atoms with E-state index >= 15 is 0 Å². The van der Waals surface area contributed by atoms with E-state index in [0.29, 0.717) is 0 Å². The van der Waals surface area contributed by atoms with Crippen LogP contribution in [0, 0.1) is 11.3 Å². The third kappa shape index (κ3) is 7.67. The van der Waals surface area contributed by atoms with Crippen LogP contribution in [0.15, 0.2) is 35.9 Å². The van der Waals surface area contributed by atoms with Crippen molar-refractivity contribution in [1.82, 2.24) is 5.32 Å². The normalized spacial score (nSPS) is 11.3. The fourth-order valence-corrected chi connectivity index (χ4v) is 1.54. The van der Waals surface area contributed by atoms with Crippen molar-refractivity contribution in [3.05, 3.63) is 41.5 Å². The quantitative estimate of drug-likeness (QED) is 0.390. The molecule has 0 aliphatic rings. The molecule has 122 valence electrons. The number of alkyl carbamates (subject to hydrolysis) is 1. The van der Waals surface area contributed by atoms with Gasteiger partial charge in [0.25, 0.3) is 0 Å². The van der Waals surface area contributed by atoms with Crippen LogP contribution in [0.4, 0.5) is 4.79 Å². The Bertz CT molecular complexity index is 610. The lowest BCUT2D eigenvalue weighted by molar-refractivity contribution is -0.138. The van der Waals surface area contributed by atoms with E-state index in [1.54, 1.807) is 51.1 Å². The number of nitriles is 1. The minimum Gasteiger partial charge on any atom is -0.460 e. The van der Waals surface area contributed by atoms with Gasteiger partial charge in [0.15, 0.2) is 0 Å². The number of ether oxygens (including phenoxy) is 2. The number of esters is 1. The number of rotatable bonds is 5. The Hall–Kier alpha value is -2.81. The summed E-state index contributed by atoms with van der Waals surface area (Å²) in [5.41, 5.74) is 0.0361. The highest BCUT2D eigenvalue weighted by Crippen LogP contribution is 2.08. The Kier molecular flexibility index (Phi) is 6.81. The molecule has 0 heterocycles. The summed E-state index contributed by atoms with van der Waals surface area (Å²) in [6.07, 6.45) is 0.859. The van der Waals surface area contributed by atoms with Crippen LogP contribution in [0.3, 0.4) is 0 Å². The molecule has 0 spiro atoms. The van der Waals surface area contributed by atoms with Crippen molar-refractivity contribution in [2.45, 2.75) is 26.4 Å². The van der Waals surface area contributed by atoms with Gasteiger partial charge in [0.05, 0.1) is 6.54 Å². The first-order chi connectivity index (χ1) is 10.8. The first-order valence-corrected chi connectivity index (χ1v) is 7.12. The molecule has 23 heavy (non-hydrogen) atoms. The summed E-state index contributed by atoms with van der Waals surface area (Å²) >= 11 is 0. The summed E-state index contributed by atoms with van der Waals surface area (Å²) in [5.74, 6) is -0.734. The molecule has 0 unspecified atom stereocenters. The average Bonchev–Trinajstić information content (AvgIpc) is 2.48. The van der Waals surface area contributed by atoms with Gasteiger partial charge in [-0.25, -0.2) is 9.59 Å². The molecule has 0 fully saturated rings. The van der Waals surface area contributed by atoms with Gasteiger partial charge in [-0.3, -0.25) is 0 Å². The molecular weight excluding hydrogens is 296 g/mol. The molecule has 1 amide bonds. The first kappa shape index (κ1) is 18.2. The Morgan fingerprint density at radius 3 is 2.48 bits per heavy atom. The minimum absolute atomic E-state index is 0.0497. The maximum Gasteiger partial charge on any atom is 0.407 e. The van der Waals surface area contributed by atoms with Crippen LogP contribution in [0.1, 0.15) is 26.3 Å². The third-order valence-electron chi connectivity index (χ3n) is 2.45. The largest absolute Gasteiger partial charge is 0.460 e. The van der Waals surface area contributed by atoms with Crippen molar-refractivity contribution in [3.8, 4) is 6.07 Å². The molecule has 0 radical (unpaired) electrons. The van der Waals surface area contributed by atoms with E-state index in [4.69, 9.17) is 14.7 Å². The van der Waals surface area contributed by atoms with Gasteiger partial charge in [-0.2, -0.15) is 5.26 Å². The molecule has 1 aromatic carbocycles. The first-order valence-electron chi connectivity index (χ1n) is 7.12. The molecule has 0 aliphatic carbocycles. The number of hydrogen-bond donors (Lipinski definition) is 1. The van der Waals surface area contributed by atoms with E-state index in [1.807, 2.05) is 6.07 Å². The van der Waals surface area contributed by atoms with Gasteiger partial charge < -0.3 is 14.8 Å². The van der Waals surface area contributed by atoms with Crippen molar-refractivity contribution in [2.75, 3.05) is 13.2 Å². The predicted molar refractivity (Wildman–Crippen MR) is 85.2 cm³/mol. The van der Waals surface area contributed by atoms with Crippen LogP contribution in [0.2, 0.25) is 0 Å². The maximum absolute atomic E-state index is 11.8. The van der Waals surface area contributed by atoms with Crippen LogP contribution >= 0.6 is 0 Å². The predicted octanol–water partition coefficient (Wildman–Crippen LogP) is 2.66. The SMILES string of the molecule is CC(C)(C)OC(=O)NCCOC(=O)/C(C#N)=C\c1ccccc1. The lowest BCUT2D eigenvalue weighted by atomic mass is 10.1. The van der Waals surface area contributed by atoms with E-state index in [1.165, 1.54) is 6.08 Å². The molecule has 0 saturated carbocycles. The Morgan fingerprint density at radius 1 is 1.26 bits per heavy atom. The zero-order valence-electron chi connectivity index (χ0n) is 13.5. The second kappa shape index (κ2) is 8.59. The fourth-order valence-electron chi connectivity index (χ4n) is 1.54. The van der Waals surface area contributed by atoms with Crippen LogP contribution in [0.5, 0.6) is 0 Å². The summed E-state index contributed by atoms with van der Waals surface area (Å²) in [6.45, 7) is 5.30. The summed E-state index contributed by atoms with van der Waals surface area (Å²) in [7, 11) is 0. The fraction of sp³-hybridized carbons (Fsp3) is 0.353. The summed E-state index contributed by atoms with van der Waals surface area (Å²) in [4.78, 5) is 23.2. The zero-order chi connectivity index (χ0) is 17.3. The van der Waals surface area contributed by atoms with E-state index in [9.17, 15) is 9.59 Å². The van der Waals surface area contributed by atoms with Gasteiger partial charge in [0.1, 0.15) is 23.9 Å². The van der Waals surface area contributed by atoms with Crippen molar-refractivity contribution in [3.63, 3.8) is 0 Å². The number of benzene rings is 1. The van der Waals surface area contributed by atoms with Gasteiger partial charge in [-0.05, 0) is 32.4 Å². The molecule has 6 heteroatoms. The number of carbonyl (C=O) groups excluding carboxylic acids is 2. The lowest BCUT2D eigenvalue weighted by Crippen LogP contribution is -2.34. The number of carbonyl (C=O) groups is 2. The van der Waals surface area contributed by atoms with E-state index in [2.05, 4.69) is 5.32 Å². The van der Waals surface area contributed by atoms with Gasteiger partial charge in [-0.1, -0.05) is 30.3 Å². The van der Waals surface area contributed by atoms with E-state index < -0.39 is 17.7 Å². The Morgan fingerprint density at radius 2 is 1.91 bits per heavy atom. The van der Waals surface area contributed by atoms with Gasteiger partial charge >= 0.3 is 12.1 Å². The average molecular weight is 316 g/mol. The molecule has 0 atom stereocenters. The lowest BCUT2D eigenvalue weighted by Gasteiger charge is -2.19. The molecule has 0 aliphatic heterocycles. The summed E-state index contributed by atoms with van der Waals surface area (Å²) < 4.78 is 9.99. The topological polar surface area (TPSA) is 88.4 Å². The van der Waals surface area contributed by atoms with Crippen LogP contribution in [-0.4, -0.2) is 30.8 Å². The monoisotopic (exact) mass is 316 g/mol. The molecular formula is C17H20N2O4. The standard InChI is InChI=1S/C17H20N2O4/c1-17(2,3)23-16(21)19-9-10-22-15(20)14(12-18)11-13-7-5-4-6-8-13/h4-8,11H,9-10H2,1-3H3,(H,19,21)/b14-11-. The van der Waals surface area contributed by atoms with Crippen LogP contribution in [0.25, 0.3) is 6.08 Å². The zero-order valence-corrected chi connectivity index (χ0v) is 13.5. The minimum atomic E-state index is -0.734. The van der Waals surface area contributed by atoms with Crippen LogP contribution in [-0.2, 0) is 14.3 Å². The second-order valence-electron chi connectivity index (χ2n) is 5.65. The van der Waals surface area contributed by atoms with Crippen molar-refractivity contribution in [2.24, 2.45) is 0 Å². The van der Waals surface area contributed by atoms with Crippen molar-refractivity contribution < 1.29 is 19.1 Å². The molecule has 0 aromatic heterocycles. The molecule has 6 nitrogen and oxygen atoms in total. The molecule has 1 aromatic rings. The Balaban J connectivity index is 2.42. The van der Waals surface area contributed by atoms with Crippen molar-refractivity contribution >= 4 is 18.1 Å². The molecule has 0 saturated heterocycles. The maximum atomic E-state index is 11.8. The highest BCUT2D eigenvalue weighted by molar-refractivity contribution is 5.97. The smallest absolute Gasteiger partial charge is 0.407 e. The number of hydrogen-bond acceptors (Lipinski definition) is 5. The molecule has 1 N–H and O–H groups in total. The highest BCUT2D eigenvalue weighted by atomic mass is 16.6. The van der Waals surface area contributed by atoms with Gasteiger partial charge in [-0.15, -0.1) is 0 Å². The number of nitrogens with zero attached hydrogens (tertiary/aromatic N) is 1. The summed E-state index contributed by atoms with van der Waals surface area (Å²) in [5, 5.41) is 11.5. The summed E-state index contributed by atoms with van der Waals surface area (Å²) in [6, 6.07) is 10.8. The van der Waals surface area contributed by atoms with Crippen LogP contribution < -0.4 is 5.32 Å². The number of nitrogens with one attached hydrogen (secondary N) is 1. The highest BCUT2D eigenvalue weighted by Gasteiger charge is 2.16. The van der Waals surface area contributed by atoms with E-state index in [-0.39, 0.29) is 18.7 Å². The Labute approximate surface area is 135 Å². The third-order valence-corrected chi connectivity index (χ3v) is 2.45. The van der Waals surface area contributed by atoms with E-state index in [0.717, 1.165) is 5.56 Å². The van der Waals surface area contributed by atoms with Crippen molar-refractivity contribution in [1.29, 1.82) is 5.26 Å².